The molecule has 84 valence electrons. The summed E-state index contributed by atoms with van der Waals surface area (Å²) < 4.78 is 5.88. The van der Waals surface area contributed by atoms with Crippen molar-refractivity contribution in [3.63, 3.8) is 0 Å². The lowest BCUT2D eigenvalue weighted by Crippen LogP contribution is -2.18. The fourth-order valence-electron chi connectivity index (χ4n) is 2.23. The summed E-state index contributed by atoms with van der Waals surface area (Å²) in [5.41, 5.74) is 0. The minimum absolute atomic E-state index is 0.483. The van der Waals surface area contributed by atoms with Crippen LogP contribution >= 0.6 is 0 Å². The third-order valence-corrected chi connectivity index (χ3v) is 3.31. The maximum absolute atomic E-state index is 5.88. The summed E-state index contributed by atoms with van der Waals surface area (Å²) >= 11 is 0. The molecular weight excluding hydrogens is 172 g/mol. The zero-order valence-corrected chi connectivity index (χ0v) is 9.93. The van der Waals surface area contributed by atoms with E-state index >= 15 is 0 Å². The van der Waals surface area contributed by atoms with E-state index in [9.17, 15) is 0 Å². The van der Waals surface area contributed by atoms with Crippen molar-refractivity contribution >= 4 is 0 Å². The van der Waals surface area contributed by atoms with Crippen molar-refractivity contribution in [1.29, 1.82) is 0 Å². The van der Waals surface area contributed by atoms with Crippen LogP contribution in [0.15, 0.2) is 0 Å². The summed E-state index contributed by atoms with van der Waals surface area (Å²) in [5, 5.41) is 0. The standard InChI is InChI=1S/C13H26O/c1-3-4-8-12(2)14-11-13-9-6-5-7-10-13/h12-13H,3-11H2,1-2H3. The predicted octanol–water partition coefficient (Wildman–Crippen LogP) is 4.16. The Kier molecular flexibility index (Phi) is 6.25. The van der Waals surface area contributed by atoms with Gasteiger partial charge >= 0.3 is 0 Å². The highest BCUT2D eigenvalue weighted by molar-refractivity contribution is 4.65. The van der Waals surface area contributed by atoms with Gasteiger partial charge in [0.05, 0.1) is 6.10 Å². The van der Waals surface area contributed by atoms with Gasteiger partial charge in [0, 0.05) is 6.61 Å². The van der Waals surface area contributed by atoms with Crippen LogP contribution in [0.3, 0.4) is 0 Å². The molecule has 1 rings (SSSR count). The average molecular weight is 198 g/mol. The highest BCUT2D eigenvalue weighted by Gasteiger charge is 2.14. The zero-order valence-electron chi connectivity index (χ0n) is 9.93. The van der Waals surface area contributed by atoms with E-state index in [1.54, 1.807) is 0 Å². The molecule has 14 heavy (non-hydrogen) atoms. The van der Waals surface area contributed by atoms with Crippen LogP contribution in [0.1, 0.15) is 65.2 Å². The van der Waals surface area contributed by atoms with Gasteiger partial charge in [0.1, 0.15) is 0 Å². The summed E-state index contributed by atoms with van der Waals surface area (Å²) in [6.45, 7) is 5.48. The Hall–Kier alpha value is -0.0400. The van der Waals surface area contributed by atoms with Crippen LogP contribution in [0.4, 0.5) is 0 Å². The van der Waals surface area contributed by atoms with Crippen molar-refractivity contribution in [1.82, 2.24) is 0 Å². The van der Waals surface area contributed by atoms with E-state index in [4.69, 9.17) is 4.74 Å². The lowest BCUT2D eigenvalue weighted by atomic mass is 9.90. The van der Waals surface area contributed by atoms with Crippen LogP contribution in [0, 0.1) is 5.92 Å². The first-order chi connectivity index (χ1) is 6.83. The molecule has 0 aromatic carbocycles. The van der Waals surface area contributed by atoms with E-state index in [1.165, 1.54) is 51.4 Å². The Morgan fingerprint density at radius 3 is 2.57 bits per heavy atom. The third kappa shape index (κ3) is 4.99. The van der Waals surface area contributed by atoms with Crippen molar-refractivity contribution in [2.75, 3.05) is 6.61 Å². The molecule has 0 radical (unpaired) electrons. The largest absolute Gasteiger partial charge is 0.378 e. The normalized spacial score (nSPS) is 21.0. The molecule has 1 heteroatoms. The number of ether oxygens (including phenoxy) is 1. The second-order valence-electron chi connectivity index (χ2n) is 4.79. The van der Waals surface area contributed by atoms with Gasteiger partial charge in [-0.05, 0) is 32.1 Å². The Labute approximate surface area is 89.2 Å². The van der Waals surface area contributed by atoms with Gasteiger partial charge in [0.25, 0.3) is 0 Å². The van der Waals surface area contributed by atoms with Crippen LogP contribution in [-0.2, 0) is 4.74 Å². The molecule has 0 aromatic rings. The highest BCUT2D eigenvalue weighted by Crippen LogP contribution is 2.24. The van der Waals surface area contributed by atoms with Crippen LogP contribution in [-0.4, -0.2) is 12.7 Å². The van der Waals surface area contributed by atoms with Gasteiger partial charge in [0.2, 0.25) is 0 Å². The van der Waals surface area contributed by atoms with Crippen molar-refractivity contribution in [3.05, 3.63) is 0 Å². The molecule has 1 fully saturated rings. The van der Waals surface area contributed by atoms with Crippen molar-refractivity contribution in [2.24, 2.45) is 5.92 Å². The summed E-state index contributed by atoms with van der Waals surface area (Å²) in [5.74, 6) is 0.868. The smallest absolute Gasteiger partial charge is 0.0547 e. The van der Waals surface area contributed by atoms with Crippen molar-refractivity contribution < 1.29 is 4.74 Å². The second kappa shape index (κ2) is 7.28. The molecule has 1 aliphatic rings. The molecule has 0 amide bonds. The van der Waals surface area contributed by atoms with Gasteiger partial charge in [-0.25, -0.2) is 0 Å². The van der Waals surface area contributed by atoms with Gasteiger partial charge in [-0.2, -0.15) is 0 Å². The van der Waals surface area contributed by atoms with Crippen molar-refractivity contribution in [2.45, 2.75) is 71.3 Å². The third-order valence-electron chi connectivity index (χ3n) is 3.31. The Morgan fingerprint density at radius 1 is 1.21 bits per heavy atom. The monoisotopic (exact) mass is 198 g/mol. The Balaban J connectivity index is 2.00. The van der Waals surface area contributed by atoms with E-state index in [-0.39, 0.29) is 0 Å². The van der Waals surface area contributed by atoms with Gasteiger partial charge in [-0.15, -0.1) is 0 Å². The SMILES string of the molecule is CCCCC(C)OCC1CCCCC1. The van der Waals surface area contributed by atoms with Gasteiger partial charge < -0.3 is 4.74 Å². The molecule has 1 atom stereocenters. The Bertz CT molecular complexity index is 127. The summed E-state index contributed by atoms with van der Waals surface area (Å²) in [7, 11) is 0. The fourth-order valence-corrected chi connectivity index (χ4v) is 2.23. The molecule has 0 aliphatic heterocycles. The minimum atomic E-state index is 0.483. The second-order valence-corrected chi connectivity index (χ2v) is 4.79. The van der Waals surface area contributed by atoms with E-state index in [0.717, 1.165) is 12.5 Å². The minimum Gasteiger partial charge on any atom is -0.378 e. The van der Waals surface area contributed by atoms with Crippen molar-refractivity contribution in [3.8, 4) is 0 Å². The maximum Gasteiger partial charge on any atom is 0.0547 e. The van der Waals surface area contributed by atoms with Gasteiger partial charge in [0.15, 0.2) is 0 Å². The molecule has 0 N–H and O–H groups in total. The molecule has 1 unspecified atom stereocenters. The lowest BCUT2D eigenvalue weighted by molar-refractivity contribution is 0.0256. The molecule has 0 aromatic heterocycles. The van der Waals surface area contributed by atoms with E-state index in [0.29, 0.717) is 6.10 Å². The van der Waals surface area contributed by atoms with Crippen LogP contribution < -0.4 is 0 Å². The predicted molar refractivity (Wildman–Crippen MR) is 61.5 cm³/mol. The van der Waals surface area contributed by atoms with E-state index < -0.39 is 0 Å². The number of hydrogen-bond acceptors (Lipinski definition) is 1. The molecular formula is C13H26O. The quantitative estimate of drug-likeness (QED) is 0.622. The zero-order chi connectivity index (χ0) is 10.2. The average Bonchev–Trinajstić information content (AvgIpc) is 2.25. The van der Waals surface area contributed by atoms with Crippen LogP contribution in [0.2, 0.25) is 0 Å². The van der Waals surface area contributed by atoms with Gasteiger partial charge in [-0.1, -0.05) is 39.0 Å². The Morgan fingerprint density at radius 2 is 1.93 bits per heavy atom. The van der Waals surface area contributed by atoms with Crippen LogP contribution in [0.25, 0.3) is 0 Å². The first kappa shape index (κ1) is 12.0. The van der Waals surface area contributed by atoms with E-state index in [1.807, 2.05) is 0 Å². The topological polar surface area (TPSA) is 9.23 Å². The molecule has 1 nitrogen and oxygen atoms in total. The molecule has 0 spiro atoms. The molecule has 0 heterocycles. The number of rotatable bonds is 6. The molecule has 1 aliphatic carbocycles. The summed E-state index contributed by atoms with van der Waals surface area (Å²) in [6, 6.07) is 0. The van der Waals surface area contributed by atoms with Gasteiger partial charge in [-0.3, -0.25) is 0 Å². The summed E-state index contributed by atoms with van der Waals surface area (Å²) in [4.78, 5) is 0. The number of unbranched alkanes of at least 4 members (excludes halogenated alkanes) is 1. The fraction of sp³-hybridized carbons (Fsp3) is 1.00. The maximum atomic E-state index is 5.88. The summed E-state index contributed by atoms with van der Waals surface area (Å²) in [6.07, 6.45) is 11.4. The highest BCUT2D eigenvalue weighted by atomic mass is 16.5. The van der Waals surface area contributed by atoms with E-state index in [2.05, 4.69) is 13.8 Å². The molecule has 0 bridgehead atoms. The number of hydrogen-bond donors (Lipinski definition) is 0. The first-order valence-electron chi connectivity index (χ1n) is 6.44. The molecule has 0 saturated heterocycles. The first-order valence-corrected chi connectivity index (χ1v) is 6.44. The lowest BCUT2D eigenvalue weighted by Gasteiger charge is -2.23. The molecule has 1 saturated carbocycles. The van der Waals surface area contributed by atoms with Crippen LogP contribution in [0.5, 0.6) is 0 Å².